The Labute approximate surface area is 145 Å². The van der Waals surface area contributed by atoms with Crippen molar-refractivity contribution in [3.8, 4) is 0 Å². The monoisotopic (exact) mass is 367 g/mol. The first-order valence-electron chi connectivity index (χ1n) is 7.34. The molecule has 134 valence electrons. The first-order valence-corrected chi connectivity index (χ1v) is 8.82. The lowest BCUT2D eigenvalue weighted by atomic mass is 10.1. The minimum Gasteiger partial charge on any atom is -0.365 e. The molecular weight excluding hydrogens is 349 g/mol. The smallest absolute Gasteiger partial charge is 0.293 e. The number of hydrogen-bond acceptors (Lipinski definition) is 5. The topological polar surface area (TPSA) is 92.6 Å². The molecule has 0 spiro atoms. The van der Waals surface area contributed by atoms with E-state index in [0.29, 0.717) is 11.1 Å². The molecule has 0 aliphatic heterocycles. The molecule has 0 unspecified atom stereocenters. The van der Waals surface area contributed by atoms with Crippen molar-refractivity contribution in [2.75, 3.05) is 19.0 Å². The van der Waals surface area contributed by atoms with E-state index in [0.717, 1.165) is 6.07 Å². The fraction of sp³-hybridized carbons (Fsp3) is 0.250. The molecule has 0 aromatic heterocycles. The SMILES string of the molecule is CNS(=O)(=O)c1ccc(N(C)Cc2ccc(C)c(F)c2)c([N+](=O)[O-])c1. The highest BCUT2D eigenvalue weighted by Gasteiger charge is 2.22. The number of nitrogens with one attached hydrogen (secondary N) is 1. The summed E-state index contributed by atoms with van der Waals surface area (Å²) < 4.78 is 39.4. The molecule has 9 heteroatoms. The van der Waals surface area contributed by atoms with Crippen LogP contribution in [0.3, 0.4) is 0 Å². The maximum Gasteiger partial charge on any atom is 0.293 e. The first-order chi connectivity index (χ1) is 11.7. The molecule has 0 atom stereocenters. The Bertz CT molecular complexity index is 916. The van der Waals surface area contributed by atoms with Gasteiger partial charge in [-0.3, -0.25) is 10.1 Å². The Balaban J connectivity index is 2.40. The lowest BCUT2D eigenvalue weighted by Gasteiger charge is -2.20. The second kappa shape index (κ2) is 7.16. The third-order valence-electron chi connectivity index (χ3n) is 3.79. The van der Waals surface area contributed by atoms with Crippen LogP contribution >= 0.6 is 0 Å². The van der Waals surface area contributed by atoms with Gasteiger partial charge in [0.2, 0.25) is 10.0 Å². The highest BCUT2D eigenvalue weighted by atomic mass is 32.2. The zero-order valence-electron chi connectivity index (χ0n) is 14.0. The Morgan fingerprint density at radius 3 is 2.48 bits per heavy atom. The molecule has 0 saturated carbocycles. The number of nitro benzene ring substituents is 1. The average Bonchev–Trinajstić information content (AvgIpc) is 2.57. The summed E-state index contributed by atoms with van der Waals surface area (Å²) in [5, 5.41) is 11.3. The summed E-state index contributed by atoms with van der Waals surface area (Å²) in [5.74, 6) is -0.351. The number of nitrogens with zero attached hydrogens (tertiary/aromatic N) is 2. The molecule has 2 aromatic carbocycles. The largest absolute Gasteiger partial charge is 0.365 e. The number of anilines is 1. The van der Waals surface area contributed by atoms with Crippen LogP contribution < -0.4 is 9.62 Å². The van der Waals surface area contributed by atoms with Gasteiger partial charge in [0.15, 0.2) is 0 Å². The molecular formula is C16H18FN3O4S. The molecule has 2 aromatic rings. The van der Waals surface area contributed by atoms with E-state index in [1.807, 2.05) is 0 Å². The second-order valence-electron chi connectivity index (χ2n) is 5.55. The molecule has 2 rings (SSSR count). The Morgan fingerprint density at radius 1 is 1.24 bits per heavy atom. The molecule has 1 N–H and O–H groups in total. The fourth-order valence-electron chi connectivity index (χ4n) is 2.35. The normalized spacial score (nSPS) is 11.4. The van der Waals surface area contributed by atoms with E-state index in [1.54, 1.807) is 31.0 Å². The molecule has 7 nitrogen and oxygen atoms in total. The van der Waals surface area contributed by atoms with Gasteiger partial charge in [-0.1, -0.05) is 12.1 Å². The predicted octanol–water partition coefficient (Wildman–Crippen LogP) is 2.59. The van der Waals surface area contributed by atoms with Crippen molar-refractivity contribution in [3.63, 3.8) is 0 Å². The van der Waals surface area contributed by atoms with Gasteiger partial charge in [-0.15, -0.1) is 0 Å². The van der Waals surface area contributed by atoms with Crippen molar-refractivity contribution in [2.45, 2.75) is 18.4 Å². The fourth-order valence-corrected chi connectivity index (χ4v) is 3.10. The van der Waals surface area contributed by atoms with Crippen LogP contribution in [0.25, 0.3) is 0 Å². The number of nitro groups is 1. The Hall–Kier alpha value is -2.52. The minimum atomic E-state index is -3.79. The number of sulfonamides is 1. The number of rotatable bonds is 6. The van der Waals surface area contributed by atoms with Crippen molar-refractivity contribution in [2.24, 2.45) is 0 Å². The van der Waals surface area contributed by atoms with Crippen molar-refractivity contribution >= 4 is 21.4 Å². The zero-order chi connectivity index (χ0) is 18.8. The maximum atomic E-state index is 13.7. The summed E-state index contributed by atoms with van der Waals surface area (Å²) in [4.78, 5) is 12.1. The highest BCUT2D eigenvalue weighted by Crippen LogP contribution is 2.31. The molecule has 0 amide bonds. The van der Waals surface area contributed by atoms with Crippen molar-refractivity contribution in [1.29, 1.82) is 0 Å². The van der Waals surface area contributed by atoms with E-state index in [9.17, 15) is 22.9 Å². The van der Waals surface area contributed by atoms with E-state index < -0.39 is 14.9 Å². The molecule has 0 bridgehead atoms. The Kier molecular flexibility index (Phi) is 5.39. The van der Waals surface area contributed by atoms with Crippen LogP contribution in [0, 0.1) is 22.9 Å². The van der Waals surface area contributed by atoms with Gasteiger partial charge in [0.25, 0.3) is 5.69 Å². The number of halogens is 1. The maximum absolute atomic E-state index is 13.7. The van der Waals surface area contributed by atoms with E-state index >= 15 is 0 Å². The zero-order valence-corrected chi connectivity index (χ0v) is 14.8. The summed E-state index contributed by atoms with van der Waals surface area (Å²) >= 11 is 0. The van der Waals surface area contributed by atoms with E-state index in [4.69, 9.17) is 0 Å². The molecule has 0 aliphatic carbocycles. The lowest BCUT2D eigenvalue weighted by Crippen LogP contribution is -2.20. The first kappa shape index (κ1) is 18.8. The lowest BCUT2D eigenvalue weighted by molar-refractivity contribution is -0.384. The minimum absolute atomic E-state index is 0.194. The van der Waals surface area contributed by atoms with Gasteiger partial charge in [-0.05, 0) is 43.3 Å². The van der Waals surface area contributed by atoms with Crippen molar-refractivity contribution in [1.82, 2.24) is 4.72 Å². The molecule has 0 fully saturated rings. The standard InChI is InChI=1S/C16H18FN3O4S/c1-11-4-5-12(8-14(11)17)10-19(3)15-7-6-13(25(23,24)18-2)9-16(15)20(21)22/h4-9,18H,10H2,1-3H3. The van der Waals surface area contributed by atoms with E-state index in [2.05, 4.69) is 4.72 Å². The van der Waals surface area contributed by atoms with Crippen molar-refractivity contribution < 1.29 is 17.7 Å². The summed E-state index contributed by atoms with van der Waals surface area (Å²) in [6.07, 6.45) is 0. The quantitative estimate of drug-likeness (QED) is 0.626. The summed E-state index contributed by atoms with van der Waals surface area (Å²) in [6, 6.07) is 8.41. The van der Waals surface area contributed by atoms with Crippen LogP contribution in [0.4, 0.5) is 15.8 Å². The summed E-state index contributed by atoms with van der Waals surface area (Å²) in [7, 11) is -0.942. The van der Waals surface area contributed by atoms with Gasteiger partial charge in [0.1, 0.15) is 11.5 Å². The summed E-state index contributed by atoms with van der Waals surface area (Å²) in [5.41, 5.74) is 1.05. The highest BCUT2D eigenvalue weighted by molar-refractivity contribution is 7.89. The van der Waals surface area contributed by atoms with Crippen LogP contribution in [0.1, 0.15) is 11.1 Å². The van der Waals surface area contributed by atoms with E-state index in [-0.39, 0.29) is 28.6 Å². The van der Waals surface area contributed by atoms with Gasteiger partial charge in [0.05, 0.1) is 9.82 Å². The Morgan fingerprint density at radius 2 is 1.92 bits per heavy atom. The second-order valence-corrected chi connectivity index (χ2v) is 7.44. The average molecular weight is 367 g/mol. The van der Waals surface area contributed by atoms with Gasteiger partial charge < -0.3 is 4.90 Å². The number of hydrogen-bond donors (Lipinski definition) is 1. The molecule has 0 aliphatic rings. The van der Waals surface area contributed by atoms with Gasteiger partial charge in [0, 0.05) is 19.7 Å². The van der Waals surface area contributed by atoms with E-state index in [1.165, 1.54) is 25.2 Å². The van der Waals surface area contributed by atoms with Gasteiger partial charge in [-0.25, -0.2) is 17.5 Å². The van der Waals surface area contributed by atoms with Crippen LogP contribution in [-0.4, -0.2) is 27.4 Å². The van der Waals surface area contributed by atoms with Crippen LogP contribution in [0.5, 0.6) is 0 Å². The number of aryl methyl sites for hydroxylation is 1. The molecule has 0 heterocycles. The predicted molar refractivity (Wildman–Crippen MR) is 92.6 cm³/mol. The molecule has 25 heavy (non-hydrogen) atoms. The van der Waals surface area contributed by atoms with Crippen LogP contribution in [-0.2, 0) is 16.6 Å². The number of benzene rings is 2. The van der Waals surface area contributed by atoms with Crippen LogP contribution in [0.15, 0.2) is 41.3 Å². The van der Waals surface area contributed by atoms with Crippen LogP contribution in [0.2, 0.25) is 0 Å². The third kappa shape index (κ3) is 4.12. The van der Waals surface area contributed by atoms with Gasteiger partial charge in [-0.2, -0.15) is 0 Å². The molecule has 0 radical (unpaired) electrons. The third-order valence-corrected chi connectivity index (χ3v) is 5.20. The van der Waals surface area contributed by atoms with Crippen molar-refractivity contribution in [3.05, 3.63) is 63.5 Å². The van der Waals surface area contributed by atoms with Gasteiger partial charge >= 0.3 is 0 Å². The summed E-state index contributed by atoms with van der Waals surface area (Å²) in [6.45, 7) is 1.88. The molecule has 0 saturated heterocycles.